The van der Waals surface area contributed by atoms with Gasteiger partial charge >= 0.3 is 6.03 Å². The normalized spacial score (nSPS) is 13.8. The van der Waals surface area contributed by atoms with Crippen molar-refractivity contribution in [1.82, 2.24) is 19.9 Å². The summed E-state index contributed by atoms with van der Waals surface area (Å²) in [6, 6.07) is 22.3. The van der Waals surface area contributed by atoms with Gasteiger partial charge in [-0.2, -0.15) is 15.0 Å². The summed E-state index contributed by atoms with van der Waals surface area (Å²) in [5.74, 6) is 1.25. The van der Waals surface area contributed by atoms with Crippen LogP contribution in [0.15, 0.2) is 78.9 Å². The molecule has 1 saturated heterocycles. The van der Waals surface area contributed by atoms with Crippen LogP contribution in [0.5, 0.6) is 0 Å². The van der Waals surface area contributed by atoms with Crippen molar-refractivity contribution in [2.45, 2.75) is 0 Å². The maximum Gasteiger partial charge on any atom is 0.323 e. The predicted molar refractivity (Wildman–Crippen MR) is 154 cm³/mol. The lowest BCUT2D eigenvalue weighted by Crippen LogP contribution is -2.45. The maximum absolute atomic E-state index is 13.1. The molecule has 0 aliphatic carbocycles. The van der Waals surface area contributed by atoms with Gasteiger partial charge < -0.3 is 25.8 Å². The summed E-state index contributed by atoms with van der Waals surface area (Å²) in [5, 5.41) is 8.69. The van der Waals surface area contributed by atoms with Crippen LogP contribution in [-0.4, -0.2) is 59.1 Å². The Morgan fingerprint density at radius 1 is 0.769 bits per heavy atom. The highest BCUT2D eigenvalue weighted by molar-refractivity contribution is 5.99. The van der Waals surface area contributed by atoms with E-state index in [0.29, 0.717) is 29.1 Å². The minimum atomic E-state index is -0.425. The average molecular weight is 525 g/mol. The SMILES string of the molecule is CN1CCN(c2nc(/C=C/c3ccccc3)nc(Nc3ccc(NC(=O)Nc4ccc(F)cc4)cc3)n2)CC1. The third kappa shape index (κ3) is 7.36. The van der Waals surface area contributed by atoms with Gasteiger partial charge in [0, 0.05) is 43.2 Å². The largest absolute Gasteiger partial charge is 0.338 e. The maximum atomic E-state index is 13.1. The van der Waals surface area contributed by atoms with Gasteiger partial charge in [0.1, 0.15) is 5.82 Å². The van der Waals surface area contributed by atoms with Crippen LogP contribution in [0.2, 0.25) is 0 Å². The fourth-order valence-corrected chi connectivity index (χ4v) is 3.99. The van der Waals surface area contributed by atoms with E-state index in [4.69, 9.17) is 4.98 Å². The predicted octanol–water partition coefficient (Wildman–Crippen LogP) is 5.32. The highest BCUT2D eigenvalue weighted by atomic mass is 19.1. The van der Waals surface area contributed by atoms with Crippen molar-refractivity contribution >= 4 is 47.1 Å². The summed E-state index contributed by atoms with van der Waals surface area (Å²) in [5.41, 5.74) is 2.91. The first-order valence-corrected chi connectivity index (χ1v) is 12.6. The Bertz CT molecular complexity index is 1420. The fraction of sp³-hybridized carbons (Fsp3) is 0.172. The van der Waals surface area contributed by atoms with Crippen LogP contribution in [0.1, 0.15) is 11.4 Å². The number of nitrogens with zero attached hydrogens (tertiary/aromatic N) is 5. The van der Waals surface area contributed by atoms with Crippen LogP contribution in [0, 0.1) is 5.82 Å². The van der Waals surface area contributed by atoms with E-state index in [-0.39, 0.29) is 5.82 Å². The second-order valence-corrected chi connectivity index (χ2v) is 9.14. The van der Waals surface area contributed by atoms with Crippen molar-refractivity contribution < 1.29 is 9.18 Å². The summed E-state index contributed by atoms with van der Waals surface area (Å²) in [6.45, 7) is 3.55. The standard InChI is InChI=1S/C29H29FN8O/c1-37-17-19-38(20-18-37)28-35-26(16-7-21-5-3-2-4-6-21)34-27(36-28)31-23-12-14-25(15-13-23)33-29(39)32-24-10-8-22(30)9-11-24/h2-16H,17-20H2,1H3,(H2,32,33,39)(H,31,34,35,36)/b16-7+. The number of benzene rings is 3. The number of carbonyl (C=O) groups is 1. The highest BCUT2D eigenvalue weighted by Crippen LogP contribution is 2.20. The van der Waals surface area contributed by atoms with Gasteiger partial charge in [0.15, 0.2) is 5.82 Å². The van der Waals surface area contributed by atoms with E-state index in [1.165, 1.54) is 24.3 Å². The molecule has 39 heavy (non-hydrogen) atoms. The van der Waals surface area contributed by atoms with E-state index in [2.05, 4.69) is 42.8 Å². The van der Waals surface area contributed by atoms with E-state index >= 15 is 0 Å². The number of hydrogen-bond donors (Lipinski definition) is 3. The number of nitrogens with one attached hydrogen (secondary N) is 3. The van der Waals surface area contributed by atoms with E-state index in [1.807, 2.05) is 54.6 Å². The minimum Gasteiger partial charge on any atom is -0.338 e. The number of likely N-dealkylation sites (N-methyl/N-ethyl adjacent to an activating group) is 1. The van der Waals surface area contributed by atoms with E-state index in [9.17, 15) is 9.18 Å². The van der Waals surface area contributed by atoms with Crippen molar-refractivity contribution in [3.8, 4) is 0 Å². The molecule has 1 fully saturated rings. The van der Waals surface area contributed by atoms with Crippen molar-refractivity contribution in [3.05, 3.63) is 96.1 Å². The number of anilines is 5. The quantitative estimate of drug-likeness (QED) is 0.301. The molecule has 9 nitrogen and oxygen atoms in total. The molecular formula is C29H29FN8O. The summed E-state index contributed by atoms with van der Waals surface area (Å²) < 4.78 is 13.1. The van der Waals surface area contributed by atoms with Gasteiger partial charge in [0.2, 0.25) is 11.9 Å². The van der Waals surface area contributed by atoms with Crippen LogP contribution < -0.4 is 20.9 Å². The van der Waals surface area contributed by atoms with Gasteiger partial charge in [-0.15, -0.1) is 0 Å². The number of halogens is 1. The van der Waals surface area contributed by atoms with Crippen molar-refractivity contribution in [3.63, 3.8) is 0 Å². The zero-order valence-corrected chi connectivity index (χ0v) is 21.5. The molecule has 198 valence electrons. The number of urea groups is 1. The van der Waals surface area contributed by atoms with Crippen LogP contribution >= 0.6 is 0 Å². The lowest BCUT2D eigenvalue weighted by molar-refractivity contribution is 0.262. The zero-order valence-electron chi connectivity index (χ0n) is 21.5. The van der Waals surface area contributed by atoms with Crippen LogP contribution in [0.4, 0.5) is 38.1 Å². The molecule has 10 heteroatoms. The molecule has 0 bridgehead atoms. The van der Waals surface area contributed by atoms with Gasteiger partial charge in [-0.25, -0.2) is 9.18 Å². The van der Waals surface area contributed by atoms with Crippen LogP contribution in [0.25, 0.3) is 12.2 Å². The molecule has 3 aromatic carbocycles. The Morgan fingerprint density at radius 3 is 2.05 bits per heavy atom. The second-order valence-electron chi connectivity index (χ2n) is 9.14. The molecule has 0 saturated carbocycles. The smallest absolute Gasteiger partial charge is 0.323 e. The van der Waals surface area contributed by atoms with Crippen LogP contribution in [-0.2, 0) is 0 Å². The van der Waals surface area contributed by atoms with Gasteiger partial charge in [-0.3, -0.25) is 0 Å². The summed E-state index contributed by atoms with van der Waals surface area (Å²) in [6.07, 6.45) is 3.86. The van der Waals surface area contributed by atoms with E-state index < -0.39 is 6.03 Å². The molecule has 3 N–H and O–H groups in total. The first-order chi connectivity index (χ1) is 19.0. The third-order valence-corrected chi connectivity index (χ3v) is 6.15. The molecule has 1 aliphatic rings. The van der Waals surface area contributed by atoms with Gasteiger partial charge in [-0.05, 0) is 67.2 Å². The molecule has 0 unspecified atom stereocenters. The average Bonchev–Trinajstić information content (AvgIpc) is 2.95. The topological polar surface area (TPSA) is 98.3 Å². The highest BCUT2D eigenvalue weighted by Gasteiger charge is 2.18. The lowest BCUT2D eigenvalue weighted by Gasteiger charge is -2.32. The number of aromatic nitrogens is 3. The lowest BCUT2D eigenvalue weighted by atomic mass is 10.2. The monoisotopic (exact) mass is 524 g/mol. The van der Waals surface area contributed by atoms with Crippen LogP contribution in [0.3, 0.4) is 0 Å². The number of hydrogen-bond acceptors (Lipinski definition) is 7. The zero-order chi connectivity index (χ0) is 27.0. The molecule has 2 heterocycles. The van der Waals surface area contributed by atoms with Crippen molar-refractivity contribution in [2.75, 3.05) is 54.1 Å². The molecule has 1 aliphatic heterocycles. The second kappa shape index (κ2) is 12.1. The Hall–Kier alpha value is -4.83. The number of rotatable bonds is 7. The van der Waals surface area contributed by atoms with E-state index in [1.54, 1.807) is 12.1 Å². The minimum absolute atomic E-state index is 0.364. The van der Waals surface area contributed by atoms with E-state index in [0.717, 1.165) is 37.4 Å². The van der Waals surface area contributed by atoms with Gasteiger partial charge in [0.05, 0.1) is 0 Å². The molecule has 4 aromatic rings. The van der Waals surface area contributed by atoms with Crippen molar-refractivity contribution in [1.29, 1.82) is 0 Å². The third-order valence-electron chi connectivity index (χ3n) is 6.15. The number of carbonyl (C=O) groups excluding carboxylic acids is 1. The first-order valence-electron chi connectivity index (χ1n) is 12.6. The summed E-state index contributed by atoms with van der Waals surface area (Å²) in [7, 11) is 2.11. The fourth-order valence-electron chi connectivity index (χ4n) is 3.99. The van der Waals surface area contributed by atoms with Gasteiger partial charge in [-0.1, -0.05) is 36.4 Å². The summed E-state index contributed by atoms with van der Waals surface area (Å²) in [4.78, 5) is 30.7. The molecule has 5 rings (SSSR count). The van der Waals surface area contributed by atoms with Crippen molar-refractivity contribution in [2.24, 2.45) is 0 Å². The molecular weight excluding hydrogens is 495 g/mol. The van der Waals surface area contributed by atoms with Gasteiger partial charge in [0.25, 0.3) is 0 Å². The molecule has 0 radical (unpaired) electrons. The Kier molecular flexibility index (Phi) is 8.03. The Balaban J connectivity index is 1.29. The summed E-state index contributed by atoms with van der Waals surface area (Å²) >= 11 is 0. The molecule has 0 spiro atoms. The molecule has 2 amide bonds. The Morgan fingerprint density at radius 2 is 1.38 bits per heavy atom. The molecule has 1 aromatic heterocycles. The number of piperazine rings is 1. The number of amides is 2. The Labute approximate surface area is 226 Å². The molecule has 0 atom stereocenters. The first kappa shape index (κ1) is 25.8.